The van der Waals surface area contributed by atoms with Crippen LogP contribution in [-0.2, 0) is 4.79 Å². The number of rotatable bonds is 5. The topological polar surface area (TPSA) is 89.6 Å². The third kappa shape index (κ3) is 2.71. The number of benzene rings is 2. The van der Waals surface area contributed by atoms with Gasteiger partial charge in [-0.05, 0) is 16.8 Å². The van der Waals surface area contributed by atoms with Crippen LogP contribution >= 0.6 is 0 Å². The Hall–Kier alpha value is -2.56. The third-order valence-corrected chi connectivity index (χ3v) is 3.08. The average Bonchev–Trinajstić information content (AvgIpc) is 2.43. The number of fused-ring (bicyclic) bond motifs is 1. The molecule has 0 aliphatic rings. The number of nitrogens with two attached hydrogens (primary N) is 1. The molecule has 1 atom stereocenters. The molecule has 104 valence electrons. The van der Waals surface area contributed by atoms with Crippen molar-refractivity contribution >= 4 is 22.6 Å². The number of carbonyl (C=O) groups is 2. The van der Waals surface area contributed by atoms with Crippen molar-refractivity contribution in [1.29, 1.82) is 0 Å². The Labute approximate surface area is 116 Å². The molecule has 0 saturated heterocycles. The van der Waals surface area contributed by atoms with Gasteiger partial charge in [-0.15, -0.1) is 0 Å². The smallest absolute Gasteiger partial charge is 0.340 e. The molecule has 2 aromatic rings. The van der Waals surface area contributed by atoms with E-state index >= 15 is 0 Å². The zero-order valence-corrected chi connectivity index (χ0v) is 11.0. The van der Waals surface area contributed by atoms with Gasteiger partial charge in [0.05, 0.1) is 12.5 Å². The van der Waals surface area contributed by atoms with E-state index in [2.05, 4.69) is 0 Å². The summed E-state index contributed by atoms with van der Waals surface area (Å²) in [4.78, 5) is 22.4. The van der Waals surface area contributed by atoms with Gasteiger partial charge in [-0.3, -0.25) is 4.79 Å². The minimum atomic E-state index is -1.07. The Balaban J connectivity index is 2.40. The molecule has 5 nitrogen and oxygen atoms in total. The standard InChI is InChI=1S/C15H15NO4/c1-9(14(16)17)8-20-12-7-6-10-4-2-3-5-11(10)13(12)15(18)19/h2-7,9H,8H2,1H3,(H2,16,17)(H,18,19). The molecule has 1 unspecified atom stereocenters. The molecule has 0 bridgehead atoms. The van der Waals surface area contributed by atoms with E-state index in [1.54, 1.807) is 31.2 Å². The average molecular weight is 273 g/mol. The quantitative estimate of drug-likeness (QED) is 0.872. The van der Waals surface area contributed by atoms with Crippen LogP contribution in [0.3, 0.4) is 0 Å². The first kappa shape index (κ1) is 13.9. The first-order chi connectivity index (χ1) is 9.50. The highest BCUT2D eigenvalue weighted by Crippen LogP contribution is 2.28. The molecule has 2 aromatic carbocycles. The summed E-state index contributed by atoms with van der Waals surface area (Å²) in [6.07, 6.45) is 0. The van der Waals surface area contributed by atoms with Crippen molar-refractivity contribution in [2.45, 2.75) is 6.92 Å². The number of hydrogen-bond acceptors (Lipinski definition) is 3. The highest BCUT2D eigenvalue weighted by atomic mass is 16.5. The minimum absolute atomic E-state index is 0.0496. The molecule has 1 amide bonds. The number of ether oxygens (including phenoxy) is 1. The zero-order chi connectivity index (χ0) is 14.7. The summed E-state index contributed by atoms with van der Waals surface area (Å²) >= 11 is 0. The van der Waals surface area contributed by atoms with Crippen LogP contribution in [-0.4, -0.2) is 23.6 Å². The number of carboxylic acid groups (broad SMARTS) is 1. The lowest BCUT2D eigenvalue weighted by Gasteiger charge is -2.13. The lowest BCUT2D eigenvalue weighted by molar-refractivity contribution is -0.122. The van der Waals surface area contributed by atoms with Gasteiger partial charge >= 0.3 is 5.97 Å². The van der Waals surface area contributed by atoms with E-state index in [1.807, 2.05) is 12.1 Å². The van der Waals surface area contributed by atoms with Crippen molar-refractivity contribution in [3.05, 3.63) is 42.0 Å². The third-order valence-electron chi connectivity index (χ3n) is 3.08. The summed E-state index contributed by atoms with van der Waals surface area (Å²) in [6, 6.07) is 10.5. The summed E-state index contributed by atoms with van der Waals surface area (Å²) in [5.41, 5.74) is 5.25. The van der Waals surface area contributed by atoms with Crippen molar-refractivity contribution < 1.29 is 19.4 Å². The normalized spacial score (nSPS) is 12.1. The Morgan fingerprint density at radius 2 is 1.95 bits per heavy atom. The highest BCUT2D eigenvalue weighted by molar-refractivity contribution is 6.06. The SMILES string of the molecule is CC(COc1ccc2ccccc2c1C(=O)O)C(N)=O. The Kier molecular flexibility index (Phi) is 3.89. The van der Waals surface area contributed by atoms with Gasteiger partial charge in [-0.25, -0.2) is 4.79 Å². The highest BCUT2D eigenvalue weighted by Gasteiger charge is 2.17. The first-order valence-corrected chi connectivity index (χ1v) is 6.18. The number of carbonyl (C=O) groups excluding carboxylic acids is 1. The molecular weight excluding hydrogens is 258 g/mol. The minimum Gasteiger partial charge on any atom is -0.492 e. The number of amides is 1. The summed E-state index contributed by atoms with van der Waals surface area (Å²) in [7, 11) is 0. The molecule has 0 aliphatic carbocycles. The predicted octanol–water partition coefficient (Wildman–Crippen LogP) is 2.04. The molecule has 3 N–H and O–H groups in total. The molecule has 0 aromatic heterocycles. The van der Waals surface area contributed by atoms with E-state index in [0.717, 1.165) is 5.39 Å². The Bertz CT molecular complexity index is 666. The maximum absolute atomic E-state index is 11.4. The fourth-order valence-electron chi connectivity index (χ4n) is 1.89. The van der Waals surface area contributed by atoms with Crippen LogP contribution in [0, 0.1) is 5.92 Å². The van der Waals surface area contributed by atoms with Crippen LogP contribution < -0.4 is 10.5 Å². The summed E-state index contributed by atoms with van der Waals surface area (Å²) in [6.45, 7) is 1.68. The monoisotopic (exact) mass is 273 g/mol. The summed E-state index contributed by atoms with van der Waals surface area (Å²) < 4.78 is 5.45. The summed E-state index contributed by atoms with van der Waals surface area (Å²) in [5, 5.41) is 10.8. The number of primary amides is 1. The molecular formula is C15H15NO4. The molecule has 5 heteroatoms. The molecule has 0 fully saturated rings. The van der Waals surface area contributed by atoms with E-state index in [1.165, 1.54) is 0 Å². The van der Waals surface area contributed by atoms with Crippen LogP contribution in [0.2, 0.25) is 0 Å². The second-order valence-electron chi connectivity index (χ2n) is 4.58. The van der Waals surface area contributed by atoms with E-state index in [-0.39, 0.29) is 17.9 Å². The van der Waals surface area contributed by atoms with Crippen LogP contribution in [0.15, 0.2) is 36.4 Å². The van der Waals surface area contributed by atoms with Crippen molar-refractivity contribution in [1.82, 2.24) is 0 Å². The van der Waals surface area contributed by atoms with Crippen LogP contribution in [0.4, 0.5) is 0 Å². The zero-order valence-electron chi connectivity index (χ0n) is 11.0. The number of hydrogen-bond donors (Lipinski definition) is 2. The largest absolute Gasteiger partial charge is 0.492 e. The molecule has 0 radical (unpaired) electrons. The van der Waals surface area contributed by atoms with Gasteiger partial charge in [0.2, 0.25) is 5.91 Å². The Morgan fingerprint density at radius 3 is 2.60 bits per heavy atom. The fraction of sp³-hybridized carbons (Fsp3) is 0.200. The van der Waals surface area contributed by atoms with Crippen LogP contribution in [0.25, 0.3) is 10.8 Å². The predicted molar refractivity (Wildman–Crippen MR) is 74.8 cm³/mol. The molecule has 20 heavy (non-hydrogen) atoms. The van der Waals surface area contributed by atoms with Gasteiger partial charge in [0.15, 0.2) is 0 Å². The van der Waals surface area contributed by atoms with Gasteiger partial charge in [-0.2, -0.15) is 0 Å². The van der Waals surface area contributed by atoms with Gasteiger partial charge in [0.1, 0.15) is 11.3 Å². The van der Waals surface area contributed by atoms with E-state index in [0.29, 0.717) is 5.39 Å². The van der Waals surface area contributed by atoms with Gasteiger partial charge in [0.25, 0.3) is 0 Å². The molecule has 0 aliphatic heterocycles. The van der Waals surface area contributed by atoms with Gasteiger partial charge < -0.3 is 15.6 Å². The summed E-state index contributed by atoms with van der Waals surface area (Å²) in [5.74, 6) is -1.79. The van der Waals surface area contributed by atoms with E-state index < -0.39 is 17.8 Å². The van der Waals surface area contributed by atoms with E-state index in [9.17, 15) is 14.7 Å². The molecule has 0 heterocycles. The second kappa shape index (κ2) is 5.61. The van der Waals surface area contributed by atoms with Crippen molar-refractivity contribution in [3.63, 3.8) is 0 Å². The van der Waals surface area contributed by atoms with Crippen molar-refractivity contribution in [3.8, 4) is 5.75 Å². The number of aromatic carboxylic acids is 1. The van der Waals surface area contributed by atoms with Crippen molar-refractivity contribution in [2.75, 3.05) is 6.61 Å². The van der Waals surface area contributed by atoms with Gasteiger partial charge in [0, 0.05) is 0 Å². The fourth-order valence-corrected chi connectivity index (χ4v) is 1.89. The van der Waals surface area contributed by atoms with Crippen molar-refractivity contribution in [2.24, 2.45) is 11.7 Å². The lowest BCUT2D eigenvalue weighted by atomic mass is 10.0. The Morgan fingerprint density at radius 1 is 1.25 bits per heavy atom. The van der Waals surface area contributed by atoms with Crippen LogP contribution in [0.5, 0.6) is 5.75 Å². The number of carboxylic acids is 1. The lowest BCUT2D eigenvalue weighted by Crippen LogP contribution is -2.26. The molecule has 0 spiro atoms. The molecule has 2 rings (SSSR count). The molecule has 0 saturated carbocycles. The van der Waals surface area contributed by atoms with Crippen LogP contribution in [0.1, 0.15) is 17.3 Å². The maximum Gasteiger partial charge on any atom is 0.340 e. The maximum atomic E-state index is 11.4. The van der Waals surface area contributed by atoms with E-state index in [4.69, 9.17) is 10.5 Å². The second-order valence-corrected chi connectivity index (χ2v) is 4.58. The van der Waals surface area contributed by atoms with Gasteiger partial charge in [-0.1, -0.05) is 37.3 Å². The first-order valence-electron chi connectivity index (χ1n) is 6.18.